The topological polar surface area (TPSA) is 88.1 Å². The predicted molar refractivity (Wildman–Crippen MR) is 43.4 cm³/mol. The van der Waals surface area contributed by atoms with Crippen LogP contribution in [0.3, 0.4) is 0 Å². The first-order valence-corrected chi connectivity index (χ1v) is 3.13. The van der Waals surface area contributed by atoms with Crippen LogP contribution in [0.1, 0.15) is 12.6 Å². The van der Waals surface area contributed by atoms with Crippen molar-refractivity contribution >= 4 is 11.4 Å². The third kappa shape index (κ3) is 2.01. The fraction of sp³-hybridized carbons (Fsp3) is 0.143. The summed E-state index contributed by atoms with van der Waals surface area (Å²) >= 11 is 0. The second-order valence-corrected chi connectivity index (χ2v) is 2.25. The van der Waals surface area contributed by atoms with Gasteiger partial charge in [-0.2, -0.15) is 11.8 Å². The molecule has 5 heteroatoms. The van der Waals surface area contributed by atoms with E-state index in [0.717, 1.165) is 5.57 Å². The van der Waals surface area contributed by atoms with Crippen molar-refractivity contribution in [2.24, 2.45) is 5.73 Å². The molecule has 62 valence electrons. The van der Waals surface area contributed by atoms with Gasteiger partial charge in [0.15, 0.2) is 0 Å². The Morgan fingerprint density at radius 3 is 2.58 bits per heavy atom. The van der Waals surface area contributed by atoms with E-state index in [-0.39, 0.29) is 31.0 Å². The zero-order valence-electron chi connectivity index (χ0n) is 6.89. The van der Waals surface area contributed by atoms with Gasteiger partial charge in [0.2, 0.25) is 0 Å². The number of aromatic nitrogens is 1. The summed E-state index contributed by atoms with van der Waals surface area (Å²) in [6.07, 6.45) is 2.44. The van der Waals surface area contributed by atoms with Crippen LogP contribution in [0.2, 0.25) is 0 Å². The fourth-order valence-electron chi connectivity index (χ4n) is 0.739. The Hall–Kier alpha value is -0.957. The minimum absolute atomic E-state index is 0. The fourth-order valence-corrected chi connectivity index (χ4v) is 0.739. The predicted octanol–water partition coefficient (Wildman–Crippen LogP) is 0.423. The molecule has 6 N–H and O–H groups in total. The van der Waals surface area contributed by atoms with Crippen molar-refractivity contribution in [2.75, 3.05) is 5.73 Å². The van der Waals surface area contributed by atoms with E-state index >= 15 is 0 Å². The van der Waals surface area contributed by atoms with Gasteiger partial charge in [-0.25, -0.2) is 0 Å². The average molecular weight is 218 g/mol. The Labute approximate surface area is 83.4 Å². The molecule has 0 unspecified atom stereocenters. The SMILES string of the molecule is CC(=[C-]N)c1cc(O)c(N)[nH]1.[Zn]. The van der Waals surface area contributed by atoms with Crippen LogP contribution in [0.15, 0.2) is 6.07 Å². The molecule has 0 saturated heterocycles. The molecule has 0 radical (unpaired) electrons. The molecule has 1 aromatic heterocycles. The minimum atomic E-state index is 0. The maximum atomic E-state index is 9.05. The van der Waals surface area contributed by atoms with E-state index in [4.69, 9.17) is 16.6 Å². The quantitative estimate of drug-likeness (QED) is 0.312. The summed E-state index contributed by atoms with van der Waals surface area (Å²) in [6, 6.07) is 1.50. The van der Waals surface area contributed by atoms with Crippen LogP contribution in [-0.2, 0) is 19.5 Å². The van der Waals surface area contributed by atoms with Crippen LogP contribution in [0, 0.1) is 6.20 Å². The third-order valence-electron chi connectivity index (χ3n) is 1.45. The van der Waals surface area contributed by atoms with Gasteiger partial charge in [-0.15, -0.1) is 5.69 Å². The number of anilines is 1. The van der Waals surface area contributed by atoms with E-state index < -0.39 is 0 Å². The van der Waals surface area contributed by atoms with Crippen molar-refractivity contribution in [3.05, 3.63) is 18.0 Å². The summed E-state index contributed by atoms with van der Waals surface area (Å²) in [6.45, 7) is 1.77. The Morgan fingerprint density at radius 2 is 2.25 bits per heavy atom. The molecule has 0 atom stereocenters. The minimum Gasteiger partial charge on any atom is -0.506 e. The van der Waals surface area contributed by atoms with Gasteiger partial charge in [0.1, 0.15) is 11.6 Å². The number of nitrogen functional groups attached to an aromatic ring is 1. The molecule has 0 spiro atoms. The van der Waals surface area contributed by atoms with Crippen molar-refractivity contribution in [3.63, 3.8) is 0 Å². The van der Waals surface area contributed by atoms with Gasteiger partial charge in [0.25, 0.3) is 0 Å². The molecule has 0 aliphatic heterocycles. The van der Waals surface area contributed by atoms with Crippen molar-refractivity contribution in [1.82, 2.24) is 4.98 Å². The Morgan fingerprint density at radius 1 is 1.67 bits per heavy atom. The Kier molecular flexibility index (Phi) is 3.83. The molecule has 1 aromatic rings. The van der Waals surface area contributed by atoms with Gasteiger partial charge < -0.3 is 21.6 Å². The van der Waals surface area contributed by atoms with Crippen LogP contribution < -0.4 is 11.5 Å². The van der Waals surface area contributed by atoms with Crippen LogP contribution in [-0.4, -0.2) is 10.1 Å². The number of allylic oxidation sites excluding steroid dienone is 1. The Balaban J connectivity index is 0.00000121. The van der Waals surface area contributed by atoms with Crippen LogP contribution in [0.25, 0.3) is 5.57 Å². The van der Waals surface area contributed by atoms with Crippen molar-refractivity contribution in [3.8, 4) is 5.75 Å². The average Bonchev–Trinajstić information content (AvgIpc) is 2.31. The number of aromatic amines is 1. The van der Waals surface area contributed by atoms with E-state index in [0.29, 0.717) is 5.69 Å². The zero-order valence-corrected chi connectivity index (χ0v) is 9.85. The van der Waals surface area contributed by atoms with Gasteiger partial charge >= 0.3 is 0 Å². The molecular formula is C7H10N3OZn-. The third-order valence-corrected chi connectivity index (χ3v) is 1.45. The zero-order chi connectivity index (χ0) is 8.43. The number of hydrogen-bond donors (Lipinski definition) is 4. The van der Waals surface area contributed by atoms with Crippen LogP contribution in [0.4, 0.5) is 5.82 Å². The van der Waals surface area contributed by atoms with Gasteiger partial charge in [-0.1, -0.05) is 13.0 Å². The first-order valence-electron chi connectivity index (χ1n) is 3.13. The molecule has 4 nitrogen and oxygen atoms in total. The summed E-state index contributed by atoms with van der Waals surface area (Å²) in [7, 11) is 0. The second kappa shape index (κ2) is 4.16. The standard InChI is InChI=1S/C7H10N3O.Zn/c1-4(3-8)5-2-6(11)7(9)10-5;/h2,10-11H,8-9H2,1H3;/q-1;. The van der Waals surface area contributed by atoms with E-state index in [2.05, 4.69) is 11.2 Å². The number of rotatable bonds is 1. The molecule has 0 amide bonds. The first kappa shape index (κ1) is 11.0. The molecule has 0 aliphatic carbocycles. The van der Waals surface area contributed by atoms with Crippen LogP contribution >= 0.6 is 0 Å². The first-order chi connectivity index (χ1) is 5.15. The number of hydrogen-bond acceptors (Lipinski definition) is 3. The molecule has 0 aromatic carbocycles. The molecule has 0 fully saturated rings. The second-order valence-electron chi connectivity index (χ2n) is 2.25. The molecular weight excluding hydrogens is 207 g/mol. The molecule has 0 saturated carbocycles. The summed E-state index contributed by atoms with van der Waals surface area (Å²) < 4.78 is 0. The largest absolute Gasteiger partial charge is 0.506 e. The van der Waals surface area contributed by atoms with E-state index in [1.807, 2.05) is 0 Å². The monoisotopic (exact) mass is 216 g/mol. The molecule has 0 bridgehead atoms. The van der Waals surface area contributed by atoms with E-state index in [1.165, 1.54) is 6.07 Å². The maximum absolute atomic E-state index is 9.05. The van der Waals surface area contributed by atoms with Gasteiger partial charge in [0.05, 0.1) is 0 Å². The number of nitrogens with two attached hydrogens (primary N) is 2. The Bertz CT molecular complexity index is 273. The van der Waals surface area contributed by atoms with Gasteiger partial charge in [0, 0.05) is 19.5 Å². The summed E-state index contributed by atoms with van der Waals surface area (Å²) in [4.78, 5) is 2.74. The van der Waals surface area contributed by atoms with Gasteiger partial charge in [-0.05, 0) is 0 Å². The number of aromatic hydroxyl groups is 1. The van der Waals surface area contributed by atoms with Crippen LogP contribution in [0.5, 0.6) is 5.75 Å². The van der Waals surface area contributed by atoms with Gasteiger partial charge in [-0.3, -0.25) is 0 Å². The number of H-pyrrole nitrogens is 1. The number of nitrogens with one attached hydrogen (secondary N) is 1. The van der Waals surface area contributed by atoms with Crippen molar-refractivity contribution < 1.29 is 24.6 Å². The molecule has 1 rings (SSSR count). The summed E-state index contributed by atoms with van der Waals surface area (Å²) in [5.41, 5.74) is 11.9. The summed E-state index contributed by atoms with van der Waals surface area (Å²) in [5.74, 6) is 0.282. The van der Waals surface area contributed by atoms with E-state index in [1.54, 1.807) is 6.92 Å². The molecule has 1 heterocycles. The smallest absolute Gasteiger partial charge is 0.138 e. The summed E-state index contributed by atoms with van der Waals surface area (Å²) in [5, 5.41) is 9.05. The van der Waals surface area contributed by atoms with Crippen molar-refractivity contribution in [2.45, 2.75) is 6.92 Å². The maximum Gasteiger partial charge on any atom is 0.138 e. The molecule has 12 heavy (non-hydrogen) atoms. The van der Waals surface area contributed by atoms with E-state index in [9.17, 15) is 0 Å². The molecule has 0 aliphatic rings. The normalized spacial score (nSPS) is 10.9. The van der Waals surface area contributed by atoms with Crippen molar-refractivity contribution in [1.29, 1.82) is 0 Å².